The number of hydrogen-bond donors (Lipinski definition) is 1. The van der Waals surface area contributed by atoms with Gasteiger partial charge in [-0.2, -0.15) is 0 Å². The Morgan fingerprint density at radius 2 is 2.00 bits per heavy atom. The molecular weight excluding hydrogens is 254 g/mol. The summed E-state index contributed by atoms with van der Waals surface area (Å²) in [4.78, 5) is 7.22. The number of nitrogens with zero attached hydrogens (tertiary/aromatic N) is 2. The maximum atomic E-state index is 4.57. The van der Waals surface area contributed by atoms with Gasteiger partial charge in [0, 0.05) is 24.0 Å². The normalized spacial score (nSPS) is 20.1. The van der Waals surface area contributed by atoms with Crippen LogP contribution in [-0.2, 0) is 0 Å². The molecule has 108 valence electrons. The van der Waals surface area contributed by atoms with Gasteiger partial charge in [-0.1, -0.05) is 13.8 Å². The Morgan fingerprint density at radius 1 is 1.32 bits per heavy atom. The third kappa shape index (κ3) is 4.01. The summed E-state index contributed by atoms with van der Waals surface area (Å²) in [5.74, 6) is 0.704. The van der Waals surface area contributed by atoms with E-state index in [0.29, 0.717) is 18.0 Å². The Bertz CT molecular complexity index is 382. The fourth-order valence-electron chi connectivity index (χ4n) is 2.84. The highest BCUT2D eigenvalue weighted by atomic mass is 32.1. The predicted molar refractivity (Wildman–Crippen MR) is 82.7 cm³/mol. The number of nitrogens with one attached hydrogen (secondary N) is 1. The van der Waals surface area contributed by atoms with E-state index >= 15 is 0 Å². The van der Waals surface area contributed by atoms with Crippen LogP contribution in [-0.4, -0.2) is 35.6 Å². The molecule has 1 fully saturated rings. The Morgan fingerprint density at radius 3 is 2.53 bits per heavy atom. The van der Waals surface area contributed by atoms with E-state index in [2.05, 4.69) is 48.3 Å². The predicted octanol–water partition coefficient (Wildman–Crippen LogP) is 3.22. The largest absolute Gasteiger partial charge is 0.307 e. The number of aromatic nitrogens is 1. The van der Waals surface area contributed by atoms with Crippen molar-refractivity contribution in [3.8, 4) is 0 Å². The lowest BCUT2D eigenvalue weighted by molar-refractivity contribution is 0.182. The molecule has 0 bridgehead atoms. The fourth-order valence-corrected chi connectivity index (χ4v) is 3.55. The average Bonchev–Trinajstić information content (AvgIpc) is 3.00. The quantitative estimate of drug-likeness (QED) is 0.868. The smallest absolute Gasteiger partial charge is 0.0898 e. The van der Waals surface area contributed by atoms with Crippen LogP contribution < -0.4 is 5.32 Å². The van der Waals surface area contributed by atoms with Gasteiger partial charge in [0.15, 0.2) is 0 Å². The van der Waals surface area contributed by atoms with Gasteiger partial charge < -0.3 is 5.32 Å². The van der Waals surface area contributed by atoms with Crippen LogP contribution >= 0.6 is 11.3 Å². The Balaban J connectivity index is 1.87. The molecule has 0 aliphatic carbocycles. The zero-order valence-electron chi connectivity index (χ0n) is 12.6. The van der Waals surface area contributed by atoms with Crippen molar-refractivity contribution >= 4 is 11.3 Å². The molecule has 2 unspecified atom stereocenters. The standard InChI is InChI=1S/C15H27N3S/c1-11(2)15(18-7-5-6-8-18)9-16-12(3)14-10-19-13(4)17-14/h10-12,15-16H,5-9H2,1-4H3. The topological polar surface area (TPSA) is 28.2 Å². The molecule has 1 aromatic heterocycles. The van der Waals surface area contributed by atoms with E-state index in [0.717, 1.165) is 11.6 Å². The van der Waals surface area contributed by atoms with Crippen molar-refractivity contribution in [2.24, 2.45) is 5.92 Å². The van der Waals surface area contributed by atoms with Gasteiger partial charge in [0.2, 0.25) is 0 Å². The monoisotopic (exact) mass is 281 g/mol. The van der Waals surface area contributed by atoms with Crippen molar-refractivity contribution in [2.45, 2.75) is 52.6 Å². The second kappa shape index (κ2) is 6.82. The first kappa shape index (κ1) is 14.9. The van der Waals surface area contributed by atoms with E-state index in [1.54, 1.807) is 11.3 Å². The van der Waals surface area contributed by atoms with Gasteiger partial charge in [0.1, 0.15) is 0 Å². The molecule has 0 radical (unpaired) electrons. The van der Waals surface area contributed by atoms with E-state index in [-0.39, 0.29) is 0 Å². The number of hydrogen-bond acceptors (Lipinski definition) is 4. The number of likely N-dealkylation sites (tertiary alicyclic amines) is 1. The van der Waals surface area contributed by atoms with Crippen molar-refractivity contribution in [3.63, 3.8) is 0 Å². The van der Waals surface area contributed by atoms with Crippen LogP contribution in [0.5, 0.6) is 0 Å². The van der Waals surface area contributed by atoms with Crippen molar-refractivity contribution in [1.29, 1.82) is 0 Å². The minimum atomic E-state index is 0.355. The Labute approximate surface area is 121 Å². The van der Waals surface area contributed by atoms with Crippen LogP contribution in [0, 0.1) is 12.8 Å². The summed E-state index contributed by atoms with van der Waals surface area (Å²) < 4.78 is 0. The van der Waals surface area contributed by atoms with Crippen LogP contribution in [0.2, 0.25) is 0 Å². The lowest BCUT2D eigenvalue weighted by atomic mass is 10.0. The third-order valence-corrected chi connectivity index (χ3v) is 4.88. The van der Waals surface area contributed by atoms with Gasteiger partial charge in [-0.05, 0) is 45.7 Å². The third-order valence-electron chi connectivity index (χ3n) is 4.09. The fraction of sp³-hybridized carbons (Fsp3) is 0.800. The molecule has 3 nitrogen and oxygen atoms in total. The van der Waals surface area contributed by atoms with Crippen LogP contribution in [0.25, 0.3) is 0 Å². The van der Waals surface area contributed by atoms with E-state index in [4.69, 9.17) is 0 Å². The van der Waals surface area contributed by atoms with Crippen LogP contribution in [0.3, 0.4) is 0 Å². The maximum Gasteiger partial charge on any atom is 0.0898 e. The number of aryl methyl sites for hydroxylation is 1. The van der Waals surface area contributed by atoms with Crippen molar-refractivity contribution in [3.05, 3.63) is 16.1 Å². The van der Waals surface area contributed by atoms with Gasteiger partial charge in [-0.15, -0.1) is 11.3 Å². The van der Waals surface area contributed by atoms with Gasteiger partial charge in [-0.3, -0.25) is 4.90 Å². The molecule has 4 heteroatoms. The SMILES string of the molecule is Cc1nc(C(C)NCC(C(C)C)N2CCCC2)cs1. The van der Waals surface area contributed by atoms with Gasteiger partial charge in [0.05, 0.1) is 10.7 Å². The molecule has 1 N–H and O–H groups in total. The molecule has 0 spiro atoms. The van der Waals surface area contributed by atoms with E-state index < -0.39 is 0 Å². The van der Waals surface area contributed by atoms with Crippen LogP contribution in [0.15, 0.2) is 5.38 Å². The Hall–Kier alpha value is -0.450. The Kier molecular flexibility index (Phi) is 5.37. The van der Waals surface area contributed by atoms with E-state index in [1.165, 1.54) is 31.6 Å². The average molecular weight is 281 g/mol. The highest BCUT2D eigenvalue weighted by molar-refractivity contribution is 7.09. The maximum absolute atomic E-state index is 4.57. The molecule has 1 saturated heterocycles. The van der Waals surface area contributed by atoms with Crippen LogP contribution in [0.1, 0.15) is 50.4 Å². The summed E-state index contributed by atoms with van der Waals surface area (Å²) in [5, 5.41) is 7.00. The molecule has 2 atom stereocenters. The summed E-state index contributed by atoms with van der Waals surface area (Å²) in [7, 11) is 0. The zero-order valence-corrected chi connectivity index (χ0v) is 13.5. The van der Waals surface area contributed by atoms with Crippen molar-refractivity contribution in [2.75, 3.05) is 19.6 Å². The molecule has 2 heterocycles. The first-order valence-electron chi connectivity index (χ1n) is 7.47. The summed E-state index contributed by atoms with van der Waals surface area (Å²) in [6.45, 7) is 12.6. The molecule has 19 heavy (non-hydrogen) atoms. The number of thiazole rings is 1. The van der Waals surface area contributed by atoms with Crippen molar-refractivity contribution in [1.82, 2.24) is 15.2 Å². The number of rotatable bonds is 6. The van der Waals surface area contributed by atoms with Gasteiger partial charge in [0.25, 0.3) is 0 Å². The van der Waals surface area contributed by atoms with Gasteiger partial charge in [-0.25, -0.2) is 4.98 Å². The lowest BCUT2D eigenvalue weighted by Crippen LogP contribution is -2.44. The first-order chi connectivity index (χ1) is 9.08. The molecule has 2 rings (SSSR count). The highest BCUT2D eigenvalue weighted by Gasteiger charge is 2.24. The molecular formula is C15H27N3S. The summed E-state index contributed by atoms with van der Waals surface area (Å²) in [6.07, 6.45) is 2.73. The minimum absolute atomic E-state index is 0.355. The lowest BCUT2D eigenvalue weighted by Gasteiger charge is -2.32. The van der Waals surface area contributed by atoms with Crippen LogP contribution in [0.4, 0.5) is 0 Å². The molecule has 1 aromatic rings. The second-order valence-electron chi connectivity index (χ2n) is 5.98. The molecule has 0 saturated carbocycles. The molecule has 1 aliphatic rings. The zero-order chi connectivity index (χ0) is 13.8. The van der Waals surface area contributed by atoms with Crippen molar-refractivity contribution < 1.29 is 0 Å². The summed E-state index contributed by atoms with van der Waals surface area (Å²) in [6, 6.07) is 1.01. The first-order valence-corrected chi connectivity index (χ1v) is 8.35. The minimum Gasteiger partial charge on any atom is -0.307 e. The van der Waals surface area contributed by atoms with E-state index in [1.807, 2.05) is 0 Å². The second-order valence-corrected chi connectivity index (χ2v) is 7.04. The molecule has 0 amide bonds. The molecule has 1 aliphatic heterocycles. The summed E-state index contributed by atoms with van der Waals surface area (Å²) in [5.41, 5.74) is 1.19. The summed E-state index contributed by atoms with van der Waals surface area (Å²) >= 11 is 1.74. The highest BCUT2D eigenvalue weighted by Crippen LogP contribution is 2.19. The van der Waals surface area contributed by atoms with E-state index in [9.17, 15) is 0 Å². The molecule has 0 aromatic carbocycles. The van der Waals surface area contributed by atoms with Gasteiger partial charge >= 0.3 is 0 Å².